The van der Waals surface area contributed by atoms with Crippen LogP contribution in [0.1, 0.15) is 50.2 Å². The highest BCUT2D eigenvalue weighted by atomic mass is 35.5. The largest absolute Gasteiger partial charge is 0.489 e. The normalized spacial score (nSPS) is 20.8. The molecule has 0 aliphatic heterocycles. The number of aromatic nitrogens is 1. The first kappa shape index (κ1) is 24.6. The van der Waals surface area contributed by atoms with Gasteiger partial charge in [-0.25, -0.2) is 0 Å². The molecule has 1 heterocycles. The summed E-state index contributed by atoms with van der Waals surface area (Å²) < 4.78 is 6.44. The molecule has 1 aromatic heterocycles. The Hall–Kier alpha value is -3.08. The van der Waals surface area contributed by atoms with Gasteiger partial charge in [0.25, 0.3) is 5.56 Å². The van der Waals surface area contributed by atoms with Gasteiger partial charge in [-0.3, -0.25) is 4.79 Å². The van der Waals surface area contributed by atoms with Gasteiger partial charge < -0.3 is 15.0 Å². The van der Waals surface area contributed by atoms with Gasteiger partial charge in [-0.1, -0.05) is 79.2 Å². The maximum Gasteiger partial charge on any atom is 0.255 e. The zero-order chi connectivity index (χ0) is 25.0. The van der Waals surface area contributed by atoms with Gasteiger partial charge in [-0.2, -0.15) is 0 Å². The van der Waals surface area contributed by atoms with Crippen molar-refractivity contribution in [2.75, 3.05) is 0 Å². The minimum Gasteiger partial charge on any atom is -0.489 e. The van der Waals surface area contributed by atoms with Crippen LogP contribution in [0.4, 0.5) is 0 Å². The zero-order valence-corrected chi connectivity index (χ0v) is 21.4. The van der Waals surface area contributed by atoms with E-state index in [0.717, 1.165) is 44.0 Å². The molecule has 4 aromatic rings. The Balaban J connectivity index is 1.35. The number of ether oxygens (including phenoxy) is 1. The number of aromatic amines is 1. The number of H-pyrrole nitrogens is 1. The standard InChI is InChI=1S/C31H33ClN2O2/c1-2-29(34-21-22-9-5-3-6-10-22)31(24-11-7-4-8-12-24)16-13-25(14-17-31)36-28-19-23-15-18-33-30(35)26(23)20-27(28)32/h3-12,15,18-20,25,29,34H,2,13-14,16-17,21H2,1H3,(H,33,35)/t25-,29-,31-/m1/s1. The summed E-state index contributed by atoms with van der Waals surface area (Å²) in [6.45, 7) is 3.15. The van der Waals surface area contributed by atoms with E-state index in [1.165, 1.54) is 11.1 Å². The maximum absolute atomic E-state index is 12.1. The second-order valence-corrected chi connectivity index (χ2v) is 10.3. The van der Waals surface area contributed by atoms with Crippen molar-refractivity contribution in [1.82, 2.24) is 10.3 Å². The molecule has 5 heteroatoms. The van der Waals surface area contributed by atoms with Gasteiger partial charge in [0.2, 0.25) is 0 Å². The van der Waals surface area contributed by atoms with Crippen molar-refractivity contribution in [1.29, 1.82) is 0 Å². The van der Waals surface area contributed by atoms with Crippen LogP contribution in [-0.2, 0) is 12.0 Å². The van der Waals surface area contributed by atoms with Gasteiger partial charge in [-0.05, 0) is 66.8 Å². The number of hydrogen-bond acceptors (Lipinski definition) is 3. The fraction of sp³-hybridized carbons (Fsp3) is 0.323. The van der Waals surface area contributed by atoms with Gasteiger partial charge in [0.1, 0.15) is 5.75 Å². The topological polar surface area (TPSA) is 54.1 Å². The molecule has 1 fully saturated rings. The second kappa shape index (κ2) is 10.9. The Morgan fingerprint density at radius 3 is 2.42 bits per heavy atom. The average molecular weight is 501 g/mol. The third-order valence-electron chi connectivity index (χ3n) is 7.76. The van der Waals surface area contributed by atoms with E-state index in [1.54, 1.807) is 12.3 Å². The molecular weight excluding hydrogens is 468 g/mol. The zero-order valence-electron chi connectivity index (χ0n) is 20.7. The van der Waals surface area contributed by atoms with Gasteiger partial charge in [0, 0.05) is 29.6 Å². The molecular formula is C31H33ClN2O2. The van der Waals surface area contributed by atoms with E-state index in [1.807, 2.05) is 12.1 Å². The number of halogens is 1. The van der Waals surface area contributed by atoms with Crippen LogP contribution in [0, 0.1) is 0 Å². The van der Waals surface area contributed by atoms with Crippen LogP contribution in [0.3, 0.4) is 0 Å². The molecule has 2 N–H and O–H groups in total. The highest BCUT2D eigenvalue weighted by Gasteiger charge is 2.43. The molecule has 3 aromatic carbocycles. The van der Waals surface area contributed by atoms with E-state index in [0.29, 0.717) is 22.2 Å². The number of pyridine rings is 1. The number of fused-ring (bicyclic) bond motifs is 1. The summed E-state index contributed by atoms with van der Waals surface area (Å²) in [5.74, 6) is 0.654. The van der Waals surface area contributed by atoms with Crippen molar-refractivity contribution >= 4 is 22.4 Å². The molecule has 0 spiro atoms. The number of rotatable bonds is 8. The van der Waals surface area contributed by atoms with E-state index in [2.05, 4.69) is 77.9 Å². The Kier molecular flexibility index (Phi) is 7.45. The fourth-order valence-electron chi connectivity index (χ4n) is 5.86. The highest BCUT2D eigenvalue weighted by Crippen LogP contribution is 2.44. The lowest BCUT2D eigenvalue weighted by atomic mass is 9.63. The SMILES string of the molecule is CC[C@@H](NCc1ccccc1)[C@]1(c2ccccc2)CC[C@@H](Oc2cc3cc[nH]c(=O)c3cc2Cl)CC1. The Bertz CT molecular complexity index is 1350. The van der Waals surface area contributed by atoms with Crippen molar-refractivity contribution in [2.24, 2.45) is 0 Å². The van der Waals surface area contributed by atoms with Crippen molar-refractivity contribution in [3.63, 3.8) is 0 Å². The van der Waals surface area contributed by atoms with Gasteiger partial charge >= 0.3 is 0 Å². The molecule has 0 bridgehead atoms. The van der Waals surface area contributed by atoms with Crippen molar-refractivity contribution in [3.8, 4) is 5.75 Å². The Labute approximate surface area is 217 Å². The van der Waals surface area contributed by atoms with Crippen LogP contribution < -0.4 is 15.6 Å². The summed E-state index contributed by atoms with van der Waals surface area (Å²) in [5, 5.41) is 5.80. The summed E-state index contributed by atoms with van der Waals surface area (Å²) in [4.78, 5) is 14.8. The molecule has 0 unspecified atom stereocenters. The minimum atomic E-state index is -0.139. The minimum absolute atomic E-state index is 0.0467. The third kappa shape index (κ3) is 5.07. The molecule has 0 amide bonds. The lowest BCUT2D eigenvalue weighted by molar-refractivity contribution is 0.0956. The number of benzene rings is 3. The van der Waals surface area contributed by atoms with Gasteiger partial charge in [0.15, 0.2) is 0 Å². The Morgan fingerprint density at radius 2 is 1.72 bits per heavy atom. The van der Waals surface area contributed by atoms with Crippen LogP contribution in [0.15, 0.2) is 89.9 Å². The van der Waals surface area contributed by atoms with E-state index < -0.39 is 0 Å². The quantitative estimate of drug-likeness (QED) is 0.273. The van der Waals surface area contributed by atoms with E-state index in [4.69, 9.17) is 16.3 Å². The summed E-state index contributed by atoms with van der Waals surface area (Å²) in [6, 6.07) is 27.4. The molecule has 1 aliphatic rings. The van der Waals surface area contributed by atoms with Gasteiger partial charge in [0.05, 0.1) is 11.1 Å². The lowest BCUT2D eigenvalue weighted by Gasteiger charge is -2.46. The maximum atomic E-state index is 12.1. The molecule has 186 valence electrons. The van der Waals surface area contributed by atoms with Crippen LogP contribution >= 0.6 is 11.6 Å². The first-order valence-electron chi connectivity index (χ1n) is 12.9. The first-order chi connectivity index (χ1) is 17.6. The highest BCUT2D eigenvalue weighted by molar-refractivity contribution is 6.32. The van der Waals surface area contributed by atoms with Crippen LogP contribution in [0.5, 0.6) is 5.75 Å². The molecule has 1 aliphatic carbocycles. The number of hydrogen-bond donors (Lipinski definition) is 2. The average Bonchev–Trinajstić information content (AvgIpc) is 2.92. The van der Waals surface area contributed by atoms with Crippen molar-refractivity contribution in [3.05, 3.63) is 112 Å². The van der Waals surface area contributed by atoms with Crippen LogP contribution in [0.2, 0.25) is 5.02 Å². The second-order valence-electron chi connectivity index (χ2n) is 9.84. The first-order valence-corrected chi connectivity index (χ1v) is 13.3. The summed E-state index contributed by atoms with van der Waals surface area (Å²) in [7, 11) is 0. The van der Waals surface area contributed by atoms with Crippen LogP contribution in [0.25, 0.3) is 10.8 Å². The van der Waals surface area contributed by atoms with E-state index >= 15 is 0 Å². The Morgan fingerprint density at radius 1 is 1.03 bits per heavy atom. The molecule has 4 nitrogen and oxygen atoms in total. The molecule has 36 heavy (non-hydrogen) atoms. The summed E-state index contributed by atoms with van der Waals surface area (Å²) in [5.41, 5.74) is 2.62. The number of nitrogens with one attached hydrogen (secondary N) is 2. The summed E-state index contributed by atoms with van der Waals surface area (Å²) >= 11 is 6.53. The molecule has 0 saturated heterocycles. The van der Waals surface area contributed by atoms with Gasteiger partial charge in [-0.15, -0.1) is 0 Å². The monoisotopic (exact) mass is 500 g/mol. The van der Waals surface area contributed by atoms with E-state index in [-0.39, 0.29) is 17.1 Å². The summed E-state index contributed by atoms with van der Waals surface area (Å²) in [6.07, 6.45) is 6.76. The predicted octanol–water partition coefficient (Wildman–Crippen LogP) is 7.01. The molecule has 1 saturated carbocycles. The predicted molar refractivity (Wildman–Crippen MR) is 148 cm³/mol. The van der Waals surface area contributed by atoms with Crippen molar-refractivity contribution < 1.29 is 4.74 Å². The smallest absolute Gasteiger partial charge is 0.255 e. The van der Waals surface area contributed by atoms with E-state index in [9.17, 15) is 4.79 Å². The lowest BCUT2D eigenvalue weighted by Crippen LogP contribution is -2.51. The van der Waals surface area contributed by atoms with Crippen molar-refractivity contribution in [2.45, 2.75) is 63.1 Å². The molecule has 5 rings (SSSR count). The fourth-order valence-corrected chi connectivity index (χ4v) is 6.07. The van der Waals surface area contributed by atoms with Crippen LogP contribution in [-0.4, -0.2) is 17.1 Å². The third-order valence-corrected chi connectivity index (χ3v) is 8.06. The molecule has 0 radical (unpaired) electrons. The molecule has 1 atom stereocenters.